The lowest BCUT2D eigenvalue weighted by Gasteiger charge is -2.30. The average molecular weight is 479 g/mol. The van der Waals surface area contributed by atoms with E-state index in [1.807, 2.05) is 36.4 Å². The zero-order chi connectivity index (χ0) is 24.8. The maximum atomic E-state index is 13.1. The number of rotatable bonds is 8. The van der Waals surface area contributed by atoms with Gasteiger partial charge in [-0.25, -0.2) is 4.79 Å². The van der Waals surface area contributed by atoms with Gasteiger partial charge in [0.15, 0.2) is 0 Å². The summed E-state index contributed by atoms with van der Waals surface area (Å²) in [5.41, 5.74) is 2.41. The molecule has 0 saturated heterocycles. The molecule has 2 fully saturated rings. The molecule has 3 N–H and O–H groups in total. The third-order valence-corrected chi connectivity index (χ3v) is 7.83. The average Bonchev–Trinajstić information content (AvgIpc) is 3.26. The highest BCUT2D eigenvalue weighted by atomic mass is 16.5. The second-order valence-corrected chi connectivity index (χ2v) is 10.2. The SMILES string of the molecule is COCC(C)(NC(=O)OCC1c2ccccc2-c2ccccc21)C(=O)NC1CC2CC2(C(=O)O)C1. The van der Waals surface area contributed by atoms with E-state index in [0.29, 0.717) is 19.3 Å². The number of carbonyl (C=O) groups excluding carboxylic acids is 2. The topological polar surface area (TPSA) is 114 Å². The molecule has 0 aliphatic heterocycles. The summed E-state index contributed by atoms with van der Waals surface area (Å²) in [4.78, 5) is 37.5. The van der Waals surface area contributed by atoms with E-state index in [4.69, 9.17) is 9.47 Å². The van der Waals surface area contributed by atoms with E-state index >= 15 is 0 Å². The molecule has 3 aliphatic carbocycles. The summed E-state index contributed by atoms with van der Waals surface area (Å²) in [7, 11) is 1.45. The fourth-order valence-corrected chi connectivity index (χ4v) is 5.92. The molecule has 2 saturated carbocycles. The van der Waals surface area contributed by atoms with Gasteiger partial charge in [-0.2, -0.15) is 0 Å². The van der Waals surface area contributed by atoms with Crippen LogP contribution in [0.4, 0.5) is 4.79 Å². The number of carboxylic acids is 1. The number of fused-ring (bicyclic) bond motifs is 4. The summed E-state index contributed by atoms with van der Waals surface area (Å²) >= 11 is 0. The van der Waals surface area contributed by atoms with Gasteiger partial charge in [-0.1, -0.05) is 48.5 Å². The summed E-state index contributed by atoms with van der Waals surface area (Å²) in [6.45, 7) is 1.66. The Morgan fingerprint density at radius 3 is 2.26 bits per heavy atom. The highest BCUT2D eigenvalue weighted by Crippen LogP contribution is 2.63. The van der Waals surface area contributed by atoms with Crippen LogP contribution in [0.1, 0.15) is 43.2 Å². The number of nitrogens with one attached hydrogen (secondary N) is 2. The van der Waals surface area contributed by atoms with E-state index in [9.17, 15) is 19.5 Å². The van der Waals surface area contributed by atoms with Gasteiger partial charge < -0.3 is 25.2 Å². The lowest BCUT2D eigenvalue weighted by Crippen LogP contribution is -2.61. The Morgan fingerprint density at radius 2 is 1.69 bits per heavy atom. The third kappa shape index (κ3) is 4.05. The van der Waals surface area contributed by atoms with Gasteiger partial charge in [-0.15, -0.1) is 0 Å². The van der Waals surface area contributed by atoms with Gasteiger partial charge in [0.05, 0.1) is 12.0 Å². The van der Waals surface area contributed by atoms with E-state index in [2.05, 4.69) is 22.8 Å². The van der Waals surface area contributed by atoms with Crippen LogP contribution in [-0.4, -0.2) is 55.0 Å². The van der Waals surface area contributed by atoms with Crippen LogP contribution >= 0.6 is 0 Å². The van der Waals surface area contributed by atoms with E-state index in [-0.39, 0.29) is 31.1 Å². The summed E-state index contributed by atoms with van der Waals surface area (Å²) in [6, 6.07) is 15.9. The van der Waals surface area contributed by atoms with Gasteiger partial charge in [-0.05, 0) is 54.4 Å². The molecule has 4 unspecified atom stereocenters. The van der Waals surface area contributed by atoms with Crippen LogP contribution in [0.2, 0.25) is 0 Å². The molecule has 0 heterocycles. The monoisotopic (exact) mass is 478 g/mol. The predicted octanol–water partition coefficient (Wildman–Crippen LogP) is 3.30. The van der Waals surface area contributed by atoms with Gasteiger partial charge in [0.2, 0.25) is 5.91 Å². The Kier molecular flexibility index (Phi) is 5.79. The zero-order valence-corrected chi connectivity index (χ0v) is 19.9. The Labute approximate surface area is 204 Å². The number of benzene rings is 2. The van der Waals surface area contributed by atoms with Gasteiger partial charge >= 0.3 is 12.1 Å². The maximum absolute atomic E-state index is 13.1. The van der Waals surface area contributed by atoms with E-state index in [0.717, 1.165) is 22.3 Å². The molecular weight excluding hydrogens is 448 g/mol. The quantitative estimate of drug-likeness (QED) is 0.537. The van der Waals surface area contributed by atoms with Gasteiger partial charge in [-0.3, -0.25) is 9.59 Å². The molecule has 5 rings (SSSR count). The molecule has 3 aliphatic rings. The second-order valence-electron chi connectivity index (χ2n) is 10.2. The zero-order valence-electron chi connectivity index (χ0n) is 19.9. The van der Waals surface area contributed by atoms with Crippen molar-refractivity contribution in [2.24, 2.45) is 11.3 Å². The van der Waals surface area contributed by atoms with Gasteiger partial charge in [0.1, 0.15) is 12.1 Å². The Hall–Kier alpha value is -3.39. The number of alkyl carbamates (subject to hydrolysis) is 1. The molecule has 4 atom stereocenters. The number of aliphatic carboxylic acids is 1. The molecule has 0 bridgehead atoms. The molecule has 8 heteroatoms. The Bertz CT molecular complexity index is 1140. The van der Waals surface area contributed by atoms with Gasteiger partial charge in [0.25, 0.3) is 0 Å². The molecule has 2 aromatic carbocycles. The largest absolute Gasteiger partial charge is 0.481 e. The van der Waals surface area contributed by atoms with E-state index in [1.165, 1.54) is 7.11 Å². The number of ether oxygens (including phenoxy) is 2. The van der Waals surface area contributed by atoms with Crippen molar-refractivity contribution in [1.29, 1.82) is 0 Å². The van der Waals surface area contributed by atoms with Crippen molar-refractivity contribution in [2.45, 2.75) is 43.7 Å². The molecular formula is C27H30N2O6. The molecule has 0 spiro atoms. The minimum atomic E-state index is -1.36. The van der Waals surface area contributed by atoms with Crippen LogP contribution in [0.15, 0.2) is 48.5 Å². The van der Waals surface area contributed by atoms with Crippen LogP contribution in [0, 0.1) is 11.3 Å². The first-order valence-corrected chi connectivity index (χ1v) is 11.9. The highest BCUT2D eigenvalue weighted by molar-refractivity contribution is 5.90. The third-order valence-electron chi connectivity index (χ3n) is 7.83. The smallest absolute Gasteiger partial charge is 0.408 e. The van der Waals surface area contributed by atoms with Crippen molar-refractivity contribution < 1.29 is 29.0 Å². The number of hydrogen-bond donors (Lipinski definition) is 3. The lowest BCUT2D eigenvalue weighted by molar-refractivity contribution is -0.144. The van der Waals surface area contributed by atoms with Crippen molar-refractivity contribution in [3.63, 3.8) is 0 Å². The molecule has 8 nitrogen and oxygen atoms in total. The van der Waals surface area contributed by atoms with Gasteiger partial charge in [0, 0.05) is 19.1 Å². The summed E-state index contributed by atoms with van der Waals surface area (Å²) in [6.07, 6.45) is 0.999. The first kappa shape index (κ1) is 23.4. The molecule has 184 valence electrons. The second kappa shape index (κ2) is 8.68. The van der Waals surface area contributed by atoms with Crippen molar-refractivity contribution in [3.05, 3.63) is 59.7 Å². The first-order chi connectivity index (χ1) is 16.8. The minimum Gasteiger partial charge on any atom is -0.481 e. The van der Waals surface area contributed by atoms with Crippen LogP contribution in [0.3, 0.4) is 0 Å². The van der Waals surface area contributed by atoms with Crippen LogP contribution in [-0.2, 0) is 19.1 Å². The van der Waals surface area contributed by atoms with Crippen molar-refractivity contribution >= 4 is 18.0 Å². The van der Waals surface area contributed by atoms with Crippen LogP contribution in [0.25, 0.3) is 11.1 Å². The van der Waals surface area contributed by atoms with Crippen LogP contribution < -0.4 is 10.6 Å². The number of methoxy groups -OCH3 is 1. The normalized spacial score (nSPS) is 25.5. The molecule has 2 aromatic rings. The van der Waals surface area contributed by atoms with E-state index < -0.39 is 28.9 Å². The summed E-state index contributed by atoms with van der Waals surface area (Å²) in [5.74, 6) is -1.20. The lowest BCUT2D eigenvalue weighted by atomic mass is 9.98. The molecule has 0 aromatic heterocycles. The maximum Gasteiger partial charge on any atom is 0.408 e. The molecule has 0 radical (unpaired) electrons. The van der Waals surface area contributed by atoms with Crippen LogP contribution in [0.5, 0.6) is 0 Å². The summed E-state index contributed by atoms with van der Waals surface area (Å²) in [5, 5.41) is 15.1. The fourth-order valence-electron chi connectivity index (χ4n) is 5.92. The first-order valence-electron chi connectivity index (χ1n) is 11.9. The summed E-state index contributed by atoms with van der Waals surface area (Å²) < 4.78 is 10.8. The van der Waals surface area contributed by atoms with Crippen molar-refractivity contribution in [3.8, 4) is 11.1 Å². The number of amides is 2. The minimum absolute atomic E-state index is 0.0523. The molecule has 35 heavy (non-hydrogen) atoms. The standard InChI is InChI=1S/C27H30N2O6/c1-26(15-34-2,23(30)28-17-11-16-12-27(16,13-17)24(31)32)29-25(33)35-14-22-20-9-5-3-7-18(20)19-8-4-6-10-21(19)22/h3-10,16-17,22H,11-15H2,1-2H3,(H,28,30)(H,29,33)(H,31,32). The number of carbonyl (C=O) groups is 3. The van der Waals surface area contributed by atoms with Crippen molar-refractivity contribution in [1.82, 2.24) is 10.6 Å². The Morgan fingerprint density at radius 1 is 1.06 bits per heavy atom. The Balaban J connectivity index is 1.22. The fraction of sp³-hybridized carbons (Fsp3) is 0.444. The van der Waals surface area contributed by atoms with E-state index in [1.54, 1.807) is 6.92 Å². The predicted molar refractivity (Wildman–Crippen MR) is 128 cm³/mol. The molecule has 2 amide bonds. The number of carboxylic acid groups (broad SMARTS) is 1. The van der Waals surface area contributed by atoms with Crippen molar-refractivity contribution in [2.75, 3.05) is 20.3 Å². The highest BCUT2D eigenvalue weighted by Gasteiger charge is 2.65. The number of hydrogen-bond acceptors (Lipinski definition) is 5.